The smallest absolute Gasteiger partial charge is 0.216 e. The van der Waals surface area contributed by atoms with Crippen LogP contribution in [0, 0.1) is 17.3 Å². The number of rotatable bonds is 7. The van der Waals surface area contributed by atoms with Crippen LogP contribution in [-0.4, -0.2) is 32.9 Å². The van der Waals surface area contributed by atoms with Crippen molar-refractivity contribution < 1.29 is 17.0 Å². The molecule has 0 radical (unpaired) electrons. The molecule has 0 aromatic carbocycles. The molecule has 6 nitrogen and oxygen atoms in total. The Morgan fingerprint density at radius 1 is 1.46 bits per heavy atom. The van der Waals surface area contributed by atoms with E-state index in [4.69, 9.17) is 5.14 Å². The van der Waals surface area contributed by atoms with Gasteiger partial charge < -0.3 is 0 Å². The van der Waals surface area contributed by atoms with Crippen molar-refractivity contribution in [2.24, 2.45) is 5.14 Å². The van der Waals surface area contributed by atoms with Gasteiger partial charge in [0.25, 0.3) is 0 Å². The van der Waals surface area contributed by atoms with E-state index in [-0.39, 0.29) is 24.8 Å². The van der Waals surface area contributed by atoms with E-state index in [1.807, 2.05) is 6.07 Å². The van der Waals surface area contributed by atoms with Gasteiger partial charge in [-0.05, 0) is 55.1 Å². The van der Waals surface area contributed by atoms with Gasteiger partial charge in [0.1, 0.15) is 0 Å². The van der Waals surface area contributed by atoms with Crippen LogP contribution >= 0.6 is 15.9 Å². The first kappa shape index (κ1) is 21.4. The predicted octanol–water partition coefficient (Wildman–Crippen LogP) is 2.50. The van der Waals surface area contributed by atoms with Gasteiger partial charge in [-0.3, -0.25) is 5.14 Å². The normalized spacial score (nSPS) is 20.0. The first-order valence-electron chi connectivity index (χ1n) is 7.90. The third-order valence-electron chi connectivity index (χ3n) is 4.83. The highest BCUT2D eigenvalue weighted by atomic mass is 79.9. The third kappa shape index (κ3) is 4.01. The lowest BCUT2D eigenvalue weighted by Crippen LogP contribution is -2.45. The zero-order chi connectivity index (χ0) is 20.0. The Balaban J connectivity index is 2.58. The lowest BCUT2D eigenvalue weighted by molar-refractivity contribution is 0.392. The molecule has 144 valence electrons. The highest BCUT2D eigenvalue weighted by Gasteiger charge is 2.57. The van der Waals surface area contributed by atoms with Crippen molar-refractivity contribution in [3.8, 4) is 6.07 Å². The summed E-state index contributed by atoms with van der Waals surface area (Å²) in [5.41, 5.74) is -1.17. The van der Waals surface area contributed by atoms with Gasteiger partial charge in [-0.2, -0.15) is 9.65 Å². The Morgan fingerprint density at radius 2 is 2.04 bits per heavy atom. The molecule has 1 aromatic rings. The second-order valence-corrected chi connectivity index (χ2v) is 12.6. The second kappa shape index (κ2) is 6.93. The van der Waals surface area contributed by atoms with Gasteiger partial charge in [0.15, 0.2) is 14.6 Å². The lowest BCUT2D eigenvalue weighted by atomic mass is 9.78. The Morgan fingerprint density at radius 3 is 2.50 bits per heavy atom. The van der Waals surface area contributed by atoms with E-state index in [2.05, 4.69) is 20.9 Å². The van der Waals surface area contributed by atoms with Crippen LogP contribution in [0.3, 0.4) is 0 Å². The van der Waals surface area contributed by atoms with Crippen LogP contribution in [0.2, 0.25) is 0 Å². The molecule has 1 fully saturated rings. The van der Waals surface area contributed by atoms with Crippen molar-refractivity contribution in [3.05, 3.63) is 28.2 Å². The van der Waals surface area contributed by atoms with Crippen LogP contribution in [0.25, 0.3) is 0 Å². The lowest BCUT2D eigenvalue weighted by Gasteiger charge is -2.37. The number of hydrogen-bond donors (Lipinski definition) is 1. The first-order chi connectivity index (χ1) is 11.8. The van der Waals surface area contributed by atoms with E-state index in [1.54, 1.807) is 20.8 Å². The summed E-state index contributed by atoms with van der Waals surface area (Å²) in [6.07, 6.45) is 1.86. The Bertz CT molecular complexity index is 894. The molecular weight excluding hydrogens is 445 g/mol. The van der Waals surface area contributed by atoms with Crippen LogP contribution in [0.4, 0.5) is 4.39 Å². The summed E-state index contributed by atoms with van der Waals surface area (Å²) in [5, 5.41) is 14.9. The van der Waals surface area contributed by atoms with E-state index in [1.165, 1.54) is 12.3 Å². The average molecular weight is 466 g/mol. The molecule has 0 spiro atoms. The first-order valence-corrected chi connectivity index (χ1v) is 11.6. The van der Waals surface area contributed by atoms with Crippen LogP contribution in [-0.2, 0) is 26.2 Å². The fourth-order valence-electron chi connectivity index (χ4n) is 3.24. The minimum absolute atomic E-state index is 0.0406. The van der Waals surface area contributed by atoms with Crippen LogP contribution in [0.5, 0.6) is 0 Å². The van der Waals surface area contributed by atoms with Crippen molar-refractivity contribution in [1.82, 2.24) is 4.98 Å². The van der Waals surface area contributed by atoms with E-state index in [0.29, 0.717) is 4.47 Å². The highest BCUT2D eigenvalue weighted by Crippen LogP contribution is 2.47. The molecule has 1 unspecified atom stereocenters. The zero-order valence-electron chi connectivity index (χ0n) is 14.8. The number of aromatic nitrogens is 1. The molecule has 26 heavy (non-hydrogen) atoms. The van der Waals surface area contributed by atoms with Gasteiger partial charge in [-0.1, -0.05) is 6.92 Å². The largest absolute Gasteiger partial charge is 0.251 e. The fourth-order valence-corrected chi connectivity index (χ4v) is 6.27. The van der Waals surface area contributed by atoms with Gasteiger partial charge in [0, 0.05) is 21.6 Å². The van der Waals surface area contributed by atoms with Crippen LogP contribution in [0.1, 0.15) is 45.6 Å². The minimum Gasteiger partial charge on any atom is -0.251 e. The third-order valence-corrected chi connectivity index (χ3v) is 9.20. The predicted molar refractivity (Wildman–Crippen MR) is 102 cm³/mol. The summed E-state index contributed by atoms with van der Waals surface area (Å²) in [7, 11) is -5.60. The van der Waals surface area contributed by atoms with Gasteiger partial charge >= 0.3 is 0 Å². The summed E-state index contributed by atoms with van der Waals surface area (Å²) in [4.78, 5) is 3.67. The number of halogens is 2. The number of nitrogens with zero attached hydrogens (tertiary/aromatic N) is 2. The summed E-state index contributed by atoms with van der Waals surface area (Å²) in [6.45, 7) is 4.85. The summed E-state index contributed by atoms with van der Waals surface area (Å²) in [5.74, 6) is -1.25. The molecule has 2 rings (SSSR count). The van der Waals surface area contributed by atoms with Gasteiger partial charge in [0.05, 0.1) is 27.6 Å². The van der Waals surface area contributed by atoms with Gasteiger partial charge in [-0.15, -0.1) is 0 Å². The van der Waals surface area contributed by atoms with E-state index in [0.717, 1.165) is 0 Å². The summed E-state index contributed by atoms with van der Waals surface area (Å²) in [6, 6.07) is 3.36. The molecule has 0 saturated heterocycles. The molecule has 1 aliphatic carbocycles. The zero-order valence-corrected chi connectivity index (χ0v) is 18.0. The van der Waals surface area contributed by atoms with E-state index in [9.17, 15) is 22.3 Å². The maximum atomic E-state index is 14.5. The molecule has 2 N–H and O–H groups in total. The molecule has 10 heteroatoms. The van der Waals surface area contributed by atoms with E-state index >= 15 is 0 Å². The van der Waals surface area contributed by atoms with Crippen LogP contribution in [0.15, 0.2) is 16.7 Å². The number of hydrogen-bond acceptors (Lipinski definition) is 5. The molecule has 0 bridgehead atoms. The molecular formula is C16H21BrFN3O3S2. The molecule has 0 amide bonds. The number of nitriles is 1. The quantitative estimate of drug-likeness (QED) is 0.621. The minimum atomic E-state index is -3.84. The molecule has 0 aliphatic heterocycles. The number of sulfone groups is 1. The topological polar surface area (TPSA) is 114 Å². The number of nitrogens with two attached hydrogens (primary N) is 1. The average Bonchev–Trinajstić information content (AvgIpc) is 3.30. The summed E-state index contributed by atoms with van der Waals surface area (Å²) >= 11 is 3.23. The van der Waals surface area contributed by atoms with Gasteiger partial charge in [0.2, 0.25) is 5.95 Å². The molecule has 1 heterocycles. The van der Waals surface area contributed by atoms with Crippen molar-refractivity contribution in [2.75, 3.05) is 5.75 Å². The molecule has 1 aliphatic rings. The molecule has 2 atom stereocenters. The Labute approximate surface area is 164 Å². The van der Waals surface area contributed by atoms with Crippen molar-refractivity contribution in [2.45, 2.75) is 54.9 Å². The SMILES string of the molecule is CC(C)(C[C@@](C)(CS(=O)(=O)C1(C#N)CC1)c1cc(Br)cnc1F)S(N)=O. The number of pyridine rings is 1. The fraction of sp³-hybridized carbons (Fsp3) is 0.625. The molecule has 1 aromatic heterocycles. The highest BCUT2D eigenvalue weighted by molar-refractivity contribution is 9.10. The maximum absolute atomic E-state index is 14.5. The Kier molecular flexibility index (Phi) is 5.71. The van der Waals surface area contributed by atoms with Crippen molar-refractivity contribution in [1.29, 1.82) is 5.26 Å². The Hall–Kier alpha value is -0.890. The second-order valence-electron chi connectivity index (χ2n) is 7.65. The standard InChI is InChI=1S/C16H21BrFN3O3S2/c1-14(2,25(20)22)8-15(3,12-6-11(17)7-21-13(12)18)10-26(23,24)16(9-19)4-5-16/h6-7H,4-5,8,10,20H2,1-3H3/t15-,25?/m0/s1. The van der Waals surface area contributed by atoms with Crippen molar-refractivity contribution in [3.63, 3.8) is 0 Å². The maximum Gasteiger partial charge on any atom is 0.216 e. The van der Waals surface area contributed by atoms with E-state index < -0.39 is 47.4 Å². The van der Waals surface area contributed by atoms with Gasteiger partial charge in [-0.25, -0.2) is 17.6 Å². The summed E-state index contributed by atoms with van der Waals surface area (Å²) < 4.78 is 50.4. The van der Waals surface area contributed by atoms with Crippen molar-refractivity contribution >= 4 is 36.8 Å². The molecule has 1 saturated carbocycles. The monoisotopic (exact) mass is 465 g/mol. The van der Waals surface area contributed by atoms with Crippen LogP contribution < -0.4 is 5.14 Å².